The first-order valence-electron chi connectivity index (χ1n) is 4.87. The molecule has 0 bridgehead atoms. The van der Waals surface area contributed by atoms with Crippen molar-refractivity contribution in [3.63, 3.8) is 0 Å². The van der Waals surface area contributed by atoms with E-state index in [1.165, 1.54) is 0 Å². The van der Waals surface area contributed by atoms with Crippen LogP contribution in [0.3, 0.4) is 0 Å². The lowest BCUT2D eigenvalue weighted by molar-refractivity contribution is -0.0816. The normalized spacial score (nSPS) is 17.9. The highest BCUT2D eigenvalue weighted by atomic mass is 35.5. The second kappa shape index (κ2) is 4.34. The molecular weight excluding hydrogens is 249 g/mol. The summed E-state index contributed by atoms with van der Waals surface area (Å²) in [7, 11) is 0. The van der Waals surface area contributed by atoms with Gasteiger partial charge in [-0.25, -0.2) is 0 Å². The summed E-state index contributed by atoms with van der Waals surface area (Å²) in [6.07, 6.45) is 0. The topological polar surface area (TPSA) is 52.3 Å². The summed E-state index contributed by atoms with van der Waals surface area (Å²) in [6.45, 7) is 0.993. The summed E-state index contributed by atoms with van der Waals surface area (Å²) in [5.41, 5.74) is 5.48. The van der Waals surface area contributed by atoms with Crippen LogP contribution in [0, 0.1) is 5.41 Å². The Morgan fingerprint density at radius 2 is 2.12 bits per heavy atom. The smallest absolute Gasteiger partial charge is 0.176 e. The van der Waals surface area contributed by atoms with Crippen LogP contribution in [0.2, 0.25) is 10.0 Å². The van der Waals surface area contributed by atoms with Gasteiger partial charge in [-0.3, -0.25) is 4.79 Å². The van der Waals surface area contributed by atoms with Gasteiger partial charge >= 0.3 is 0 Å². The van der Waals surface area contributed by atoms with Crippen LogP contribution in [0.4, 0.5) is 0 Å². The van der Waals surface area contributed by atoms with Crippen molar-refractivity contribution < 1.29 is 9.53 Å². The minimum absolute atomic E-state index is 0.0667. The van der Waals surface area contributed by atoms with E-state index in [1.807, 2.05) is 0 Å². The lowest BCUT2D eigenvalue weighted by atomic mass is 9.78. The van der Waals surface area contributed by atoms with E-state index in [9.17, 15) is 4.79 Å². The maximum Gasteiger partial charge on any atom is 0.176 e. The van der Waals surface area contributed by atoms with Gasteiger partial charge in [-0.1, -0.05) is 23.2 Å². The summed E-state index contributed by atoms with van der Waals surface area (Å²) >= 11 is 11.8. The standard InChI is InChI=1S/C11H11Cl2NO2/c12-7-1-2-8(9(13)3-7)10(15)11(4-14)5-16-6-11/h1-3H,4-6,14H2. The first-order valence-corrected chi connectivity index (χ1v) is 5.62. The van der Waals surface area contributed by atoms with Crippen molar-refractivity contribution in [2.24, 2.45) is 11.1 Å². The molecule has 0 aromatic heterocycles. The number of halogens is 2. The Kier molecular flexibility index (Phi) is 3.22. The van der Waals surface area contributed by atoms with Crippen LogP contribution in [0.1, 0.15) is 10.4 Å². The van der Waals surface area contributed by atoms with Crippen molar-refractivity contribution >= 4 is 29.0 Å². The van der Waals surface area contributed by atoms with Gasteiger partial charge in [0.25, 0.3) is 0 Å². The van der Waals surface area contributed by atoms with Gasteiger partial charge in [-0.2, -0.15) is 0 Å². The number of ketones is 1. The second-order valence-electron chi connectivity index (χ2n) is 3.93. The zero-order chi connectivity index (χ0) is 11.8. The van der Waals surface area contributed by atoms with E-state index in [0.29, 0.717) is 28.8 Å². The van der Waals surface area contributed by atoms with Crippen molar-refractivity contribution in [2.75, 3.05) is 19.8 Å². The average Bonchev–Trinajstić information content (AvgIpc) is 2.16. The molecule has 86 valence electrons. The SMILES string of the molecule is NCC1(C(=O)c2ccc(Cl)cc2Cl)COC1. The first-order chi connectivity index (χ1) is 7.59. The van der Waals surface area contributed by atoms with Crippen molar-refractivity contribution in [3.8, 4) is 0 Å². The Labute approximate surface area is 103 Å². The number of hydrogen-bond donors (Lipinski definition) is 1. The fraction of sp³-hybridized carbons (Fsp3) is 0.364. The number of ether oxygens (including phenoxy) is 1. The van der Waals surface area contributed by atoms with Crippen molar-refractivity contribution in [2.45, 2.75) is 0 Å². The predicted molar refractivity (Wildman–Crippen MR) is 63.1 cm³/mol. The minimum atomic E-state index is -0.600. The molecule has 0 atom stereocenters. The van der Waals surface area contributed by atoms with Gasteiger partial charge in [-0.15, -0.1) is 0 Å². The van der Waals surface area contributed by atoms with Crippen LogP contribution in [0.25, 0.3) is 0 Å². The van der Waals surface area contributed by atoms with E-state index in [1.54, 1.807) is 18.2 Å². The molecule has 1 aromatic rings. The quantitative estimate of drug-likeness (QED) is 0.847. The number of carbonyl (C=O) groups is 1. The molecular formula is C11H11Cl2NO2. The fourth-order valence-corrected chi connectivity index (χ4v) is 2.14. The van der Waals surface area contributed by atoms with Crippen molar-refractivity contribution in [3.05, 3.63) is 33.8 Å². The molecule has 2 N–H and O–H groups in total. The average molecular weight is 260 g/mol. The highest BCUT2D eigenvalue weighted by Crippen LogP contribution is 2.33. The van der Waals surface area contributed by atoms with E-state index >= 15 is 0 Å². The third-order valence-electron chi connectivity index (χ3n) is 2.80. The minimum Gasteiger partial charge on any atom is -0.379 e. The Morgan fingerprint density at radius 3 is 2.56 bits per heavy atom. The van der Waals surface area contributed by atoms with Crippen LogP contribution >= 0.6 is 23.2 Å². The van der Waals surface area contributed by atoms with Gasteiger partial charge in [-0.05, 0) is 18.2 Å². The molecule has 0 saturated carbocycles. The van der Waals surface area contributed by atoms with E-state index in [2.05, 4.69) is 0 Å². The molecule has 0 amide bonds. The molecule has 3 nitrogen and oxygen atoms in total. The van der Waals surface area contributed by atoms with Crippen molar-refractivity contribution in [1.82, 2.24) is 0 Å². The molecule has 0 spiro atoms. The summed E-state index contributed by atoms with van der Waals surface area (Å²) < 4.78 is 5.07. The van der Waals surface area contributed by atoms with Gasteiger partial charge in [0, 0.05) is 17.1 Å². The number of benzene rings is 1. The number of carbonyl (C=O) groups excluding carboxylic acids is 1. The van der Waals surface area contributed by atoms with E-state index < -0.39 is 5.41 Å². The van der Waals surface area contributed by atoms with Crippen LogP contribution < -0.4 is 5.73 Å². The Hall–Kier alpha value is -0.610. The van der Waals surface area contributed by atoms with Gasteiger partial charge in [0.05, 0.1) is 23.7 Å². The Balaban J connectivity index is 2.33. The number of Topliss-reactive ketones (excluding diaryl/α,β-unsaturated/α-hetero) is 1. The second-order valence-corrected chi connectivity index (χ2v) is 4.77. The molecule has 0 aliphatic carbocycles. The Bertz CT molecular complexity index is 424. The largest absolute Gasteiger partial charge is 0.379 e. The maximum atomic E-state index is 12.2. The molecule has 0 radical (unpaired) electrons. The van der Waals surface area contributed by atoms with Gasteiger partial charge < -0.3 is 10.5 Å². The van der Waals surface area contributed by atoms with Crippen molar-refractivity contribution in [1.29, 1.82) is 0 Å². The third-order valence-corrected chi connectivity index (χ3v) is 3.35. The van der Waals surface area contributed by atoms with Crippen LogP contribution in [0.15, 0.2) is 18.2 Å². The predicted octanol–water partition coefficient (Wildman–Crippen LogP) is 2.15. The highest BCUT2D eigenvalue weighted by Gasteiger charge is 2.45. The zero-order valence-electron chi connectivity index (χ0n) is 8.50. The summed E-state index contributed by atoms with van der Waals surface area (Å²) in [5.74, 6) is -0.0667. The monoisotopic (exact) mass is 259 g/mol. The van der Waals surface area contributed by atoms with Gasteiger partial charge in [0.15, 0.2) is 5.78 Å². The molecule has 2 rings (SSSR count). The molecule has 16 heavy (non-hydrogen) atoms. The molecule has 1 fully saturated rings. The summed E-state index contributed by atoms with van der Waals surface area (Å²) in [5, 5.41) is 0.866. The Morgan fingerprint density at radius 1 is 1.44 bits per heavy atom. The molecule has 1 aliphatic rings. The molecule has 1 heterocycles. The fourth-order valence-electron chi connectivity index (χ4n) is 1.65. The zero-order valence-corrected chi connectivity index (χ0v) is 10.0. The molecule has 1 aliphatic heterocycles. The van der Waals surface area contributed by atoms with Crippen LogP contribution in [-0.2, 0) is 4.74 Å². The van der Waals surface area contributed by atoms with Crippen LogP contribution in [-0.4, -0.2) is 25.5 Å². The van der Waals surface area contributed by atoms with E-state index in [0.717, 1.165) is 0 Å². The van der Waals surface area contributed by atoms with Gasteiger partial charge in [0.2, 0.25) is 0 Å². The maximum absolute atomic E-state index is 12.2. The molecule has 0 unspecified atom stereocenters. The van der Waals surface area contributed by atoms with Gasteiger partial charge in [0.1, 0.15) is 0 Å². The lowest BCUT2D eigenvalue weighted by Gasteiger charge is -2.39. The third kappa shape index (κ3) is 1.84. The van der Waals surface area contributed by atoms with E-state index in [4.69, 9.17) is 33.7 Å². The molecule has 1 aromatic carbocycles. The summed E-state index contributed by atoms with van der Waals surface area (Å²) in [6, 6.07) is 4.83. The number of hydrogen-bond acceptors (Lipinski definition) is 3. The number of rotatable bonds is 3. The van der Waals surface area contributed by atoms with Crippen LogP contribution in [0.5, 0.6) is 0 Å². The highest BCUT2D eigenvalue weighted by molar-refractivity contribution is 6.37. The number of nitrogens with two attached hydrogens (primary N) is 1. The summed E-state index contributed by atoms with van der Waals surface area (Å²) in [4.78, 5) is 12.2. The van der Waals surface area contributed by atoms with E-state index in [-0.39, 0.29) is 12.3 Å². The first kappa shape index (κ1) is 11.9. The molecule has 1 saturated heterocycles. The molecule has 5 heteroatoms. The lowest BCUT2D eigenvalue weighted by Crippen LogP contribution is -2.54.